The SMILES string of the molecule is CC[C@H]1CCc2c(sc(NC(=O)C[C@H](C)CC(=O)O)c2C#N)C1. The summed E-state index contributed by atoms with van der Waals surface area (Å²) in [5, 5.41) is 21.6. The molecule has 0 aromatic carbocycles. The predicted octanol–water partition coefficient (Wildman–Crippen LogP) is 3.57. The van der Waals surface area contributed by atoms with E-state index in [1.165, 1.54) is 16.2 Å². The quantitative estimate of drug-likeness (QED) is 0.832. The van der Waals surface area contributed by atoms with Crippen LogP contribution in [-0.2, 0) is 22.4 Å². The first-order chi connectivity index (χ1) is 10.9. The minimum Gasteiger partial charge on any atom is -0.481 e. The second kappa shape index (κ2) is 7.60. The van der Waals surface area contributed by atoms with Gasteiger partial charge in [0, 0.05) is 17.7 Å². The van der Waals surface area contributed by atoms with Gasteiger partial charge in [-0.3, -0.25) is 9.59 Å². The summed E-state index contributed by atoms with van der Waals surface area (Å²) in [6, 6.07) is 2.23. The summed E-state index contributed by atoms with van der Waals surface area (Å²) in [4.78, 5) is 24.0. The van der Waals surface area contributed by atoms with Crippen molar-refractivity contribution in [3.8, 4) is 6.07 Å². The Balaban J connectivity index is 2.09. The number of thiophene rings is 1. The third-order valence-electron chi connectivity index (χ3n) is 4.37. The number of nitrogens with one attached hydrogen (secondary N) is 1. The van der Waals surface area contributed by atoms with Crippen molar-refractivity contribution in [2.45, 2.75) is 52.4 Å². The van der Waals surface area contributed by atoms with Crippen molar-refractivity contribution in [1.82, 2.24) is 0 Å². The van der Waals surface area contributed by atoms with Crippen LogP contribution in [0.15, 0.2) is 0 Å². The van der Waals surface area contributed by atoms with E-state index >= 15 is 0 Å². The van der Waals surface area contributed by atoms with Crippen LogP contribution < -0.4 is 5.32 Å². The number of carboxylic acids is 1. The van der Waals surface area contributed by atoms with Crippen LogP contribution in [0, 0.1) is 23.2 Å². The van der Waals surface area contributed by atoms with Crippen LogP contribution in [0.5, 0.6) is 0 Å². The molecule has 1 amide bonds. The third kappa shape index (κ3) is 4.32. The number of carbonyl (C=O) groups is 2. The number of carboxylic acid groups (broad SMARTS) is 1. The van der Waals surface area contributed by atoms with E-state index in [1.807, 2.05) is 0 Å². The summed E-state index contributed by atoms with van der Waals surface area (Å²) in [6.45, 7) is 3.92. The van der Waals surface area contributed by atoms with Crippen molar-refractivity contribution in [3.63, 3.8) is 0 Å². The number of amides is 1. The molecule has 0 spiro atoms. The van der Waals surface area contributed by atoms with Gasteiger partial charge in [0.25, 0.3) is 0 Å². The van der Waals surface area contributed by atoms with E-state index in [4.69, 9.17) is 5.11 Å². The fourth-order valence-electron chi connectivity index (χ4n) is 3.07. The molecule has 23 heavy (non-hydrogen) atoms. The fraction of sp³-hybridized carbons (Fsp3) is 0.588. The number of fused-ring (bicyclic) bond motifs is 1. The van der Waals surface area contributed by atoms with Gasteiger partial charge in [-0.1, -0.05) is 20.3 Å². The van der Waals surface area contributed by atoms with Gasteiger partial charge < -0.3 is 10.4 Å². The Morgan fingerprint density at radius 1 is 1.48 bits per heavy atom. The Labute approximate surface area is 140 Å². The van der Waals surface area contributed by atoms with Gasteiger partial charge in [0.1, 0.15) is 11.1 Å². The van der Waals surface area contributed by atoms with E-state index in [0.717, 1.165) is 31.2 Å². The van der Waals surface area contributed by atoms with Crippen LogP contribution in [0.4, 0.5) is 5.00 Å². The normalized spacial score (nSPS) is 17.9. The van der Waals surface area contributed by atoms with E-state index in [0.29, 0.717) is 16.5 Å². The van der Waals surface area contributed by atoms with Crippen molar-refractivity contribution >= 4 is 28.2 Å². The number of carbonyl (C=O) groups excluding carboxylic acids is 1. The summed E-state index contributed by atoms with van der Waals surface area (Å²) in [7, 11) is 0. The first-order valence-corrected chi connectivity index (χ1v) is 8.82. The monoisotopic (exact) mass is 334 g/mol. The molecule has 2 N–H and O–H groups in total. The standard InChI is InChI=1S/C17H22N2O3S/c1-3-11-4-5-12-13(9-18)17(23-14(12)8-11)19-15(20)6-10(2)7-16(21)22/h10-11H,3-8H2,1-2H3,(H,19,20)(H,21,22)/t10-,11-/m0/s1. The van der Waals surface area contributed by atoms with Gasteiger partial charge in [-0.15, -0.1) is 11.3 Å². The zero-order valence-corrected chi connectivity index (χ0v) is 14.3. The lowest BCUT2D eigenvalue weighted by molar-refractivity contribution is -0.138. The molecule has 1 aromatic heterocycles. The zero-order valence-electron chi connectivity index (χ0n) is 13.5. The molecule has 0 aliphatic heterocycles. The first-order valence-electron chi connectivity index (χ1n) is 8.00. The minimum atomic E-state index is -0.903. The fourth-order valence-corrected chi connectivity index (χ4v) is 4.40. The Morgan fingerprint density at radius 2 is 2.22 bits per heavy atom. The number of nitrogens with zero attached hydrogens (tertiary/aromatic N) is 1. The Kier molecular flexibility index (Phi) is 5.78. The van der Waals surface area contributed by atoms with Crippen LogP contribution in [0.1, 0.15) is 55.5 Å². The molecular formula is C17H22N2O3S. The second-order valence-electron chi connectivity index (χ2n) is 6.29. The van der Waals surface area contributed by atoms with Crippen LogP contribution in [0.2, 0.25) is 0 Å². The smallest absolute Gasteiger partial charge is 0.303 e. The summed E-state index contributed by atoms with van der Waals surface area (Å²) < 4.78 is 0. The first kappa shape index (κ1) is 17.5. The Morgan fingerprint density at radius 3 is 2.83 bits per heavy atom. The van der Waals surface area contributed by atoms with Crippen LogP contribution in [-0.4, -0.2) is 17.0 Å². The largest absolute Gasteiger partial charge is 0.481 e. The van der Waals surface area contributed by atoms with E-state index < -0.39 is 5.97 Å². The Hall–Kier alpha value is -1.87. The highest BCUT2D eigenvalue weighted by Crippen LogP contribution is 2.40. The highest BCUT2D eigenvalue weighted by Gasteiger charge is 2.26. The molecule has 124 valence electrons. The topological polar surface area (TPSA) is 90.2 Å². The molecule has 0 fully saturated rings. The molecule has 2 rings (SSSR count). The molecule has 2 atom stereocenters. The van der Waals surface area contributed by atoms with Crippen molar-refractivity contribution in [2.75, 3.05) is 5.32 Å². The number of hydrogen-bond acceptors (Lipinski definition) is 4. The lowest BCUT2D eigenvalue weighted by Crippen LogP contribution is -2.17. The molecule has 1 aliphatic rings. The second-order valence-corrected chi connectivity index (χ2v) is 7.40. The number of hydrogen-bond donors (Lipinski definition) is 2. The summed E-state index contributed by atoms with van der Waals surface area (Å²) in [5.41, 5.74) is 1.69. The molecule has 1 aromatic rings. The van der Waals surface area contributed by atoms with Crippen LogP contribution in [0.3, 0.4) is 0 Å². The maximum Gasteiger partial charge on any atom is 0.303 e. The molecule has 0 bridgehead atoms. The number of rotatable bonds is 6. The third-order valence-corrected chi connectivity index (χ3v) is 5.54. The van der Waals surface area contributed by atoms with Gasteiger partial charge in [-0.2, -0.15) is 5.26 Å². The average molecular weight is 334 g/mol. The van der Waals surface area contributed by atoms with Gasteiger partial charge in [0.15, 0.2) is 0 Å². The zero-order chi connectivity index (χ0) is 17.0. The molecule has 5 nitrogen and oxygen atoms in total. The molecule has 1 aliphatic carbocycles. The van der Waals surface area contributed by atoms with Gasteiger partial charge in [0.05, 0.1) is 5.56 Å². The lowest BCUT2D eigenvalue weighted by atomic mass is 9.86. The average Bonchev–Trinajstić information content (AvgIpc) is 2.81. The summed E-state index contributed by atoms with van der Waals surface area (Å²) >= 11 is 1.50. The summed E-state index contributed by atoms with van der Waals surface area (Å²) in [6.07, 6.45) is 4.23. The molecule has 0 saturated heterocycles. The van der Waals surface area contributed by atoms with Crippen molar-refractivity contribution in [2.24, 2.45) is 11.8 Å². The van der Waals surface area contributed by atoms with Crippen LogP contribution in [0.25, 0.3) is 0 Å². The molecule has 6 heteroatoms. The van der Waals surface area contributed by atoms with Gasteiger partial charge in [-0.25, -0.2) is 0 Å². The summed E-state index contributed by atoms with van der Waals surface area (Å²) in [5.74, 6) is -0.690. The maximum atomic E-state index is 12.1. The van der Waals surface area contributed by atoms with E-state index in [9.17, 15) is 14.9 Å². The van der Waals surface area contributed by atoms with Crippen LogP contribution >= 0.6 is 11.3 Å². The molecule has 0 unspecified atom stereocenters. The Bertz CT molecular complexity index is 645. The van der Waals surface area contributed by atoms with E-state index in [2.05, 4.69) is 18.3 Å². The number of anilines is 1. The van der Waals surface area contributed by atoms with E-state index in [-0.39, 0.29) is 24.7 Å². The minimum absolute atomic E-state index is 0.0301. The van der Waals surface area contributed by atoms with Gasteiger partial charge in [0.2, 0.25) is 5.91 Å². The van der Waals surface area contributed by atoms with E-state index in [1.54, 1.807) is 6.92 Å². The number of aliphatic carboxylic acids is 1. The highest BCUT2D eigenvalue weighted by molar-refractivity contribution is 7.16. The van der Waals surface area contributed by atoms with Crippen molar-refractivity contribution < 1.29 is 14.7 Å². The molecule has 0 saturated carbocycles. The molecular weight excluding hydrogens is 312 g/mol. The van der Waals surface area contributed by atoms with Crippen molar-refractivity contribution in [3.05, 3.63) is 16.0 Å². The molecule has 0 radical (unpaired) electrons. The van der Waals surface area contributed by atoms with Gasteiger partial charge in [-0.05, 0) is 36.7 Å². The molecule has 1 heterocycles. The van der Waals surface area contributed by atoms with Gasteiger partial charge >= 0.3 is 5.97 Å². The maximum absolute atomic E-state index is 12.1. The predicted molar refractivity (Wildman–Crippen MR) is 89.5 cm³/mol. The lowest BCUT2D eigenvalue weighted by Gasteiger charge is -2.20. The van der Waals surface area contributed by atoms with Crippen molar-refractivity contribution in [1.29, 1.82) is 5.26 Å². The number of nitriles is 1. The highest BCUT2D eigenvalue weighted by atomic mass is 32.1.